The molecule has 0 aliphatic heterocycles. The van der Waals surface area contributed by atoms with Crippen LogP contribution in [0.5, 0.6) is 5.75 Å². The fourth-order valence-electron chi connectivity index (χ4n) is 3.16. The number of aryl methyl sites for hydroxylation is 3. The molecule has 0 atom stereocenters. The largest absolute Gasteiger partial charge is 0.497 e. The maximum Gasteiger partial charge on any atom is 0.276 e. The Balaban J connectivity index is 1.40. The number of nitrogens with one attached hydrogen (secondary N) is 2. The van der Waals surface area contributed by atoms with Crippen LogP contribution in [0, 0.1) is 0 Å². The van der Waals surface area contributed by atoms with Gasteiger partial charge in [0.1, 0.15) is 17.3 Å². The Bertz CT molecular complexity index is 1200. The lowest BCUT2D eigenvalue weighted by Gasteiger charge is -2.02. The highest BCUT2D eigenvalue weighted by Gasteiger charge is 2.17. The number of methoxy groups -OCH3 is 1. The lowest BCUT2D eigenvalue weighted by atomic mass is 10.1. The number of rotatable bonds is 7. The average Bonchev–Trinajstić information content (AvgIpc) is 3.39. The van der Waals surface area contributed by atoms with Gasteiger partial charge in [0.2, 0.25) is 5.95 Å². The van der Waals surface area contributed by atoms with Crippen LogP contribution in [0.2, 0.25) is 5.02 Å². The number of anilines is 1. The Hall–Kier alpha value is -3.65. The maximum atomic E-state index is 12.7. The monoisotopic (exact) mass is 436 g/mol. The molecule has 0 aliphatic carbocycles. The van der Waals surface area contributed by atoms with Crippen molar-refractivity contribution in [2.45, 2.75) is 12.8 Å². The van der Waals surface area contributed by atoms with E-state index in [1.165, 1.54) is 4.68 Å². The number of hydrogen-bond donors (Lipinski definition) is 2. The molecule has 9 heteroatoms. The molecular formula is C22H21ClN6O2. The smallest absolute Gasteiger partial charge is 0.276 e. The van der Waals surface area contributed by atoms with Crippen molar-refractivity contribution >= 4 is 23.5 Å². The van der Waals surface area contributed by atoms with Gasteiger partial charge in [0.05, 0.1) is 17.8 Å². The number of hydrogen-bond acceptors (Lipinski definition) is 5. The van der Waals surface area contributed by atoms with E-state index in [1.807, 2.05) is 42.5 Å². The van der Waals surface area contributed by atoms with Crippen molar-refractivity contribution in [3.8, 4) is 17.0 Å². The maximum absolute atomic E-state index is 12.7. The van der Waals surface area contributed by atoms with Crippen LogP contribution < -0.4 is 10.1 Å². The van der Waals surface area contributed by atoms with Crippen LogP contribution in [-0.4, -0.2) is 38.0 Å². The van der Waals surface area contributed by atoms with E-state index in [-0.39, 0.29) is 11.9 Å². The molecule has 0 bridgehead atoms. The van der Waals surface area contributed by atoms with Gasteiger partial charge in [-0.15, -0.1) is 5.10 Å². The lowest BCUT2D eigenvalue weighted by molar-refractivity contribution is 0.101. The molecule has 1 amide bonds. The van der Waals surface area contributed by atoms with Gasteiger partial charge in [-0.25, -0.2) is 0 Å². The fraction of sp³-hybridized carbons (Fsp3) is 0.182. The zero-order chi connectivity index (χ0) is 21.8. The molecule has 0 unspecified atom stereocenters. The van der Waals surface area contributed by atoms with E-state index in [4.69, 9.17) is 16.3 Å². The average molecular weight is 437 g/mol. The SMILES string of the molecule is COc1ccc(CCc2nc(NC(=O)c3cc(-c4ccccc4Cl)nn3C)n[nH]2)cc1. The van der Waals surface area contributed by atoms with E-state index in [0.29, 0.717) is 28.7 Å². The van der Waals surface area contributed by atoms with Crippen LogP contribution in [0.3, 0.4) is 0 Å². The lowest BCUT2D eigenvalue weighted by Crippen LogP contribution is -2.16. The van der Waals surface area contributed by atoms with Gasteiger partial charge in [0, 0.05) is 19.0 Å². The van der Waals surface area contributed by atoms with E-state index < -0.39 is 0 Å². The third kappa shape index (κ3) is 4.75. The molecule has 158 valence electrons. The van der Waals surface area contributed by atoms with Crippen molar-refractivity contribution in [1.82, 2.24) is 25.0 Å². The number of carbonyl (C=O) groups excluding carboxylic acids is 1. The first-order chi connectivity index (χ1) is 15.0. The molecule has 8 nitrogen and oxygen atoms in total. The van der Waals surface area contributed by atoms with Gasteiger partial charge in [-0.2, -0.15) is 10.1 Å². The second-order valence-electron chi connectivity index (χ2n) is 6.93. The molecule has 2 N–H and O–H groups in total. The summed E-state index contributed by atoms with van der Waals surface area (Å²) in [5, 5.41) is 14.6. The molecule has 0 saturated carbocycles. The third-order valence-electron chi connectivity index (χ3n) is 4.83. The van der Waals surface area contributed by atoms with Crippen molar-refractivity contribution in [1.29, 1.82) is 0 Å². The van der Waals surface area contributed by atoms with Crippen molar-refractivity contribution in [3.05, 3.63) is 76.7 Å². The normalized spacial score (nSPS) is 10.8. The topological polar surface area (TPSA) is 97.7 Å². The predicted molar refractivity (Wildman–Crippen MR) is 118 cm³/mol. The summed E-state index contributed by atoms with van der Waals surface area (Å²) >= 11 is 6.24. The highest BCUT2D eigenvalue weighted by Crippen LogP contribution is 2.27. The summed E-state index contributed by atoms with van der Waals surface area (Å²) in [6, 6.07) is 16.9. The Morgan fingerprint density at radius 3 is 2.68 bits per heavy atom. The molecular weight excluding hydrogens is 416 g/mol. The van der Waals surface area contributed by atoms with Gasteiger partial charge in [-0.1, -0.05) is 41.9 Å². The number of benzene rings is 2. The molecule has 31 heavy (non-hydrogen) atoms. The van der Waals surface area contributed by atoms with Crippen molar-refractivity contribution in [2.75, 3.05) is 12.4 Å². The van der Waals surface area contributed by atoms with E-state index in [0.717, 1.165) is 23.3 Å². The van der Waals surface area contributed by atoms with E-state index in [2.05, 4.69) is 25.6 Å². The van der Waals surface area contributed by atoms with Gasteiger partial charge in [-0.05, 0) is 36.2 Å². The quantitative estimate of drug-likeness (QED) is 0.457. The Morgan fingerprint density at radius 1 is 1.16 bits per heavy atom. The van der Waals surface area contributed by atoms with Crippen molar-refractivity contribution in [3.63, 3.8) is 0 Å². The van der Waals surface area contributed by atoms with Crippen LogP contribution >= 0.6 is 11.6 Å². The molecule has 2 heterocycles. The molecule has 0 radical (unpaired) electrons. The third-order valence-corrected chi connectivity index (χ3v) is 5.16. The number of halogens is 1. The Kier molecular flexibility index (Phi) is 5.99. The van der Waals surface area contributed by atoms with Crippen LogP contribution in [0.15, 0.2) is 54.6 Å². The molecule has 0 spiro atoms. The van der Waals surface area contributed by atoms with Crippen LogP contribution in [0.4, 0.5) is 5.95 Å². The minimum absolute atomic E-state index is 0.218. The highest BCUT2D eigenvalue weighted by atomic mass is 35.5. The van der Waals surface area contributed by atoms with Crippen LogP contribution in [0.1, 0.15) is 21.9 Å². The number of nitrogens with zero attached hydrogens (tertiary/aromatic N) is 4. The molecule has 0 aliphatic rings. The number of carbonyl (C=O) groups is 1. The summed E-state index contributed by atoms with van der Waals surface area (Å²) in [5.74, 6) is 1.37. The first-order valence-electron chi connectivity index (χ1n) is 9.68. The first kappa shape index (κ1) is 20.6. The standard InChI is InChI=1S/C22H21ClN6O2/c1-29-19(13-18(28-29)16-5-3-4-6-17(16)23)21(30)25-22-24-20(26-27-22)12-9-14-7-10-15(31-2)11-8-14/h3-8,10-11,13H,9,12H2,1-2H3,(H2,24,25,26,27,30). The second kappa shape index (κ2) is 9.01. The summed E-state index contributed by atoms with van der Waals surface area (Å²) in [5.41, 5.74) is 2.91. The first-order valence-corrected chi connectivity index (χ1v) is 10.1. The predicted octanol–water partition coefficient (Wildman–Crippen LogP) is 3.90. The molecule has 2 aromatic carbocycles. The van der Waals surface area contributed by atoms with E-state index in [1.54, 1.807) is 26.3 Å². The molecule has 0 saturated heterocycles. The van der Waals surface area contributed by atoms with Crippen molar-refractivity contribution < 1.29 is 9.53 Å². The number of aromatic nitrogens is 5. The number of amides is 1. The summed E-state index contributed by atoms with van der Waals surface area (Å²) in [4.78, 5) is 17.1. The van der Waals surface area contributed by atoms with E-state index in [9.17, 15) is 4.79 Å². The summed E-state index contributed by atoms with van der Waals surface area (Å²) < 4.78 is 6.67. The van der Waals surface area contributed by atoms with Gasteiger partial charge >= 0.3 is 0 Å². The van der Waals surface area contributed by atoms with Crippen LogP contribution in [-0.2, 0) is 19.9 Å². The Morgan fingerprint density at radius 2 is 1.94 bits per heavy atom. The molecule has 4 rings (SSSR count). The zero-order valence-electron chi connectivity index (χ0n) is 17.1. The number of aromatic amines is 1. The highest BCUT2D eigenvalue weighted by molar-refractivity contribution is 6.33. The molecule has 4 aromatic rings. The number of H-pyrrole nitrogens is 1. The van der Waals surface area contributed by atoms with Gasteiger partial charge in [0.25, 0.3) is 5.91 Å². The minimum atomic E-state index is -0.353. The Labute approximate surface area is 184 Å². The number of ether oxygens (including phenoxy) is 1. The van der Waals surface area contributed by atoms with E-state index >= 15 is 0 Å². The fourth-order valence-corrected chi connectivity index (χ4v) is 3.40. The molecule has 2 aromatic heterocycles. The summed E-state index contributed by atoms with van der Waals surface area (Å²) in [6.07, 6.45) is 1.45. The van der Waals surface area contributed by atoms with Gasteiger partial charge < -0.3 is 4.74 Å². The minimum Gasteiger partial charge on any atom is -0.497 e. The van der Waals surface area contributed by atoms with Gasteiger partial charge in [0.15, 0.2) is 0 Å². The molecule has 0 fully saturated rings. The van der Waals surface area contributed by atoms with Crippen LogP contribution in [0.25, 0.3) is 11.3 Å². The van der Waals surface area contributed by atoms with Crippen molar-refractivity contribution in [2.24, 2.45) is 7.05 Å². The summed E-state index contributed by atoms with van der Waals surface area (Å²) in [6.45, 7) is 0. The van der Waals surface area contributed by atoms with Gasteiger partial charge in [-0.3, -0.25) is 19.9 Å². The second-order valence-corrected chi connectivity index (χ2v) is 7.33. The zero-order valence-corrected chi connectivity index (χ0v) is 17.8. The summed E-state index contributed by atoms with van der Waals surface area (Å²) in [7, 11) is 3.34.